The number of Topliss-reactive ketones (excluding diaryl/α,β-unsaturated/α-hetero) is 1. The van der Waals surface area contributed by atoms with Crippen LogP contribution in [-0.2, 0) is 17.0 Å². The number of ketones is 1. The van der Waals surface area contributed by atoms with Crippen molar-refractivity contribution in [1.29, 1.82) is 0 Å². The zero-order chi connectivity index (χ0) is 18.9. The van der Waals surface area contributed by atoms with Crippen molar-refractivity contribution in [3.8, 4) is 0 Å². The van der Waals surface area contributed by atoms with Crippen LogP contribution in [-0.4, -0.2) is 22.4 Å². The summed E-state index contributed by atoms with van der Waals surface area (Å²) in [6.45, 7) is 4.12. The van der Waals surface area contributed by atoms with Gasteiger partial charge in [-0.25, -0.2) is 4.98 Å². The molecule has 4 nitrogen and oxygen atoms in total. The minimum absolute atomic E-state index is 0.0743. The second-order valence-corrected chi connectivity index (χ2v) is 9.82. The number of hydrogen-bond donors (Lipinski definition) is 1. The van der Waals surface area contributed by atoms with E-state index in [4.69, 9.17) is 23.2 Å². The van der Waals surface area contributed by atoms with Gasteiger partial charge in [0.05, 0.1) is 26.4 Å². The van der Waals surface area contributed by atoms with Crippen LogP contribution in [0.4, 0.5) is 5.13 Å². The third-order valence-electron chi connectivity index (χ3n) is 3.97. The Hall–Kier alpha value is -1.08. The maximum absolute atomic E-state index is 12.2. The van der Waals surface area contributed by atoms with Gasteiger partial charge < -0.3 is 5.32 Å². The molecule has 1 aromatic heterocycles. The molecule has 1 aliphatic carbocycles. The van der Waals surface area contributed by atoms with E-state index in [0.717, 1.165) is 17.7 Å². The van der Waals surface area contributed by atoms with Gasteiger partial charge in [0, 0.05) is 12.2 Å². The number of anilines is 1. The number of thiazole rings is 1. The fourth-order valence-corrected chi connectivity index (χ4v) is 4.85. The number of thioether (sulfide) groups is 1. The highest BCUT2D eigenvalue weighted by molar-refractivity contribution is 7.99. The van der Waals surface area contributed by atoms with Crippen molar-refractivity contribution in [3.63, 3.8) is 0 Å². The van der Waals surface area contributed by atoms with E-state index in [-0.39, 0.29) is 17.1 Å². The Morgan fingerprint density at radius 1 is 1.31 bits per heavy atom. The smallest absolute Gasteiger partial charge is 0.236 e. The first-order valence-electron chi connectivity index (χ1n) is 8.08. The summed E-state index contributed by atoms with van der Waals surface area (Å²) >= 11 is 14.6. The SMILES string of the molecule is CC1(C)CC(=O)c2sc(NC(=O)CSCc3ccc(Cl)c(Cl)c3)nc2C1. The van der Waals surface area contributed by atoms with E-state index < -0.39 is 0 Å². The summed E-state index contributed by atoms with van der Waals surface area (Å²) in [5.41, 5.74) is 1.74. The first-order valence-corrected chi connectivity index (χ1v) is 10.8. The molecule has 3 rings (SSSR count). The topological polar surface area (TPSA) is 59.1 Å². The summed E-state index contributed by atoms with van der Waals surface area (Å²) in [7, 11) is 0. The van der Waals surface area contributed by atoms with Crippen molar-refractivity contribution in [1.82, 2.24) is 4.98 Å². The van der Waals surface area contributed by atoms with Gasteiger partial charge in [-0.3, -0.25) is 9.59 Å². The number of carbonyl (C=O) groups excluding carboxylic acids is 2. The predicted molar refractivity (Wildman–Crippen MR) is 110 cm³/mol. The zero-order valence-electron chi connectivity index (χ0n) is 14.4. The minimum atomic E-state index is -0.132. The van der Waals surface area contributed by atoms with Gasteiger partial charge in [-0.1, -0.05) is 54.5 Å². The molecule has 26 heavy (non-hydrogen) atoms. The summed E-state index contributed by atoms with van der Waals surface area (Å²) in [5.74, 6) is 0.936. The molecule has 0 saturated heterocycles. The number of fused-ring (bicyclic) bond motifs is 1. The number of nitrogens with zero attached hydrogens (tertiary/aromatic N) is 1. The summed E-state index contributed by atoms with van der Waals surface area (Å²) in [6.07, 6.45) is 1.28. The largest absolute Gasteiger partial charge is 0.301 e. The van der Waals surface area contributed by atoms with Gasteiger partial charge in [0.25, 0.3) is 0 Å². The normalized spacial score (nSPS) is 15.6. The van der Waals surface area contributed by atoms with E-state index in [1.165, 1.54) is 23.1 Å². The fraction of sp³-hybridized carbons (Fsp3) is 0.389. The second kappa shape index (κ2) is 7.89. The highest BCUT2D eigenvalue weighted by Crippen LogP contribution is 2.38. The van der Waals surface area contributed by atoms with Crippen molar-refractivity contribution >= 4 is 63.1 Å². The molecule has 1 N–H and O–H groups in total. The molecule has 1 amide bonds. The number of amides is 1. The van der Waals surface area contributed by atoms with E-state index in [0.29, 0.717) is 38.0 Å². The van der Waals surface area contributed by atoms with Crippen LogP contribution in [0.25, 0.3) is 0 Å². The maximum Gasteiger partial charge on any atom is 0.236 e. The van der Waals surface area contributed by atoms with Crippen LogP contribution in [0.5, 0.6) is 0 Å². The van der Waals surface area contributed by atoms with Crippen LogP contribution in [0.15, 0.2) is 18.2 Å². The zero-order valence-corrected chi connectivity index (χ0v) is 17.5. The summed E-state index contributed by atoms with van der Waals surface area (Å²) < 4.78 is 0. The summed E-state index contributed by atoms with van der Waals surface area (Å²) in [5, 5.41) is 4.33. The Labute approximate surface area is 170 Å². The lowest BCUT2D eigenvalue weighted by molar-refractivity contribution is -0.113. The van der Waals surface area contributed by atoms with Crippen LogP contribution >= 0.6 is 46.3 Å². The van der Waals surface area contributed by atoms with E-state index in [2.05, 4.69) is 24.1 Å². The van der Waals surface area contributed by atoms with E-state index in [1.54, 1.807) is 12.1 Å². The number of benzene rings is 1. The van der Waals surface area contributed by atoms with Crippen LogP contribution in [0.2, 0.25) is 10.0 Å². The van der Waals surface area contributed by atoms with Gasteiger partial charge in [0.2, 0.25) is 5.91 Å². The lowest BCUT2D eigenvalue weighted by Crippen LogP contribution is -2.26. The average molecular weight is 429 g/mol. The van der Waals surface area contributed by atoms with Crippen molar-refractivity contribution in [2.45, 2.75) is 32.4 Å². The highest BCUT2D eigenvalue weighted by Gasteiger charge is 2.34. The summed E-state index contributed by atoms with van der Waals surface area (Å²) in [4.78, 5) is 29.5. The molecular formula is C18H18Cl2N2O2S2. The molecule has 0 unspecified atom stereocenters. The monoisotopic (exact) mass is 428 g/mol. The van der Waals surface area contributed by atoms with Crippen LogP contribution in [0, 0.1) is 5.41 Å². The molecule has 1 aromatic carbocycles. The molecule has 0 aliphatic heterocycles. The average Bonchev–Trinajstić information content (AvgIpc) is 2.92. The first-order chi connectivity index (χ1) is 12.2. The van der Waals surface area contributed by atoms with E-state index in [1.807, 2.05) is 6.07 Å². The lowest BCUT2D eigenvalue weighted by Gasteiger charge is -2.26. The Morgan fingerprint density at radius 3 is 2.81 bits per heavy atom. The van der Waals surface area contributed by atoms with Crippen molar-refractivity contribution in [2.75, 3.05) is 11.1 Å². The number of nitrogens with one attached hydrogen (secondary N) is 1. The minimum Gasteiger partial charge on any atom is -0.301 e. The van der Waals surface area contributed by atoms with Crippen molar-refractivity contribution in [3.05, 3.63) is 44.4 Å². The number of hydrogen-bond acceptors (Lipinski definition) is 5. The Morgan fingerprint density at radius 2 is 2.08 bits per heavy atom. The molecule has 0 bridgehead atoms. The van der Waals surface area contributed by atoms with Crippen LogP contribution < -0.4 is 5.32 Å². The molecule has 138 valence electrons. The van der Waals surface area contributed by atoms with Gasteiger partial charge in [-0.2, -0.15) is 0 Å². The molecule has 1 aliphatic rings. The highest BCUT2D eigenvalue weighted by atomic mass is 35.5. The van der Waals surface area contributed by atoms with Gasteiger partial charge in [0.1, 0.15) is 0 Å². The lowest BCUT2D eigenvalue weighted by atomic mass is 9.78. The fourth-order valence-electron chi connectivity index (χ4n) is 2.82. The predicted octanol–water partition coefficient (Wildman–Crippen LogP) is 5.48. The van der Waals surface area contributed by atoms with E-state index in [9.17, 15) is 9.59 Å². The second-order valence-electron chi connectivity index (χ2n) is 7.03. The first kappa shape index (κ1) is 19.7. The van der Waals surface area contributed by atoms with Gasteiger partial charge >= 0.3 is 0 Å². The molecule has 0 radical (unpaired) electrons. The Balaban J connectivity index is 1.54. The molecule has 0 fully saturated rings. The number of carbonyl (C=O) groups is 2. The van der Waals surface area contributed by atoms with E-state index >= 15 is 0 Å². The molecule has 2 aromatic rings. The third-order valence-corrected chi connectivity index (χ3v) is 6.76. The molecular weight excluding hydrogens is 411 g/mol. The molecule has 0 saturated carbocycles. The number of rotatable bonds is 5. The molecule has 0 atom stereocenters. The van der Waals surface area contributed by atoms with Crippen LogP contribution in [0.3, 0.4) is 0 Å². The number of halogens is 2. The molecule has 0 spiro atoms. The number of aromatic nitrogens is 1. The van der Waals surface area contributed by atoms with Crippen molar-refractivity contribution in [2.24, 2.45) is 5.41 Å². The third kappa shape index (κ3) is 4.80. The Kier molecular flexibility index (Phi) is 5.97. The van der Waals surface area contributed by atoms with Crippen molar-refractivity contribution < 1.29 is 9.59 Å². The van der Waals surface area contributed by atoms with Gasteiger partial charge in [0.15, 0.2) is 10.9 Å². The molecule has 1 heterocycles. The Bertz CT molecular complexity index is 865. The van der Waals surface area contributed by atoms with Gasteiger partial charge in [-0.15, -0.1) is 11.8 Å². The standard InChI is InChI=1S/C18H18Cl2N2O2S2/c1-18(2)6-13-16(14(23)7-18)26-17(21-13)22-15(24)9-25-8-10-3-4-11(19)12(20)5-10/h3-5H,6-9H2,1-2H3,(H,21,22,24). The molecule has 8 heteroatoms. The summed E-state index contributed by atoms with van der Waals surface area (Å²) in [6, 6.07) is 5.44. The quantitative estimate of drug-likeness (QED) is 0.684. The van der Waals surface area contributed by atoms with Crippen LogP contribution in [0.1, 0.15) is 41.2 Å². The van der Waals surface area contributed by atoms with Gasteiger partial charge in [-0.05, 0) is 29.5 Å². The maximum atomic E-state index is 12.2.